The molecule has 3 heteroatoms. The van der Waals surface area contributed by atoms with Gasteiger partial charge >= 0.3 is 0 Å². The van der Waals surface area contributed by atoms with E-state index < -0.39 is 5.54 Å². The molecule has 2 aromatic rings. The minimum absolute atomic E-state index is 0.341. The number of aromatic nitrogens is 1. The highest BCUT2D eigenvalue weighted by molar-refractivity contribution is 5.50. The first-order chi connectivity index (χ1) is 8.72. The summed E-state index contributed by atoms with van der Waals surface area (Å²) in [4.78, 5) is 4.44. The van der Waals surface area contributed by atoms with E-state index in [2.05, 4.69) is 23.3 Å². The summed E-state index contributed by atoms with van der Waals surface area (Å²) in [6.07, 6.45) is 2.72. The molecule has 0 aliphatic carbocycles. The van der Waals surface area contributed by atoms with E-state index in [1.807, 2.05) is 24.3 Å². The van der Waals surface area contributed by atoms with Gasteiger partial charge in [0, 0.05) is 18.3 Å². The maximum Gasteiger partial charge on any atom is 0.121 e. The van der Waals surface area contributed by atoms with Gasteiger partial charge in [-0.2, -0.15) is 0 Å². The first-order valence-corrected chi connectivity index (χ1v) is 6.20. The number of fused-ring (bicyclic) bond motifs is 1. The molecule has 3 rings (SSSR count). The normalized spacial score (nSPS) is 22.5. The Morgan fingerprint density at radius 2 is 2.11 bits per heavy atom. The lowest BCUT2D eigenvalue weighted by Crippen LogP contribution is -2.46. The van der Waals surface area contributed by atoms with Crippen LogP contribution in [-0.2, 0) is 12.0 Å². The predicted octanol–water partition coefficient (Wildman–Crippen LogP) is 2.20. The molecule has 0 bridgehead atoms. The molecule has 2 heterocycles. The van der Waals surface area contributed by atoms with Crippen LogP contribution < -0.4 is 5.32 Å². The third-order valence-corrected chi connectivity index (χ3v) is 3.68. The van der Waals surface area contributed by atoms with E-state index in [0.717, 1.165) is 24.2 Å². The van der Waals surface area contributed by atoms with Gasteiger partial charge in [-0.25, -0.2) is 0 Å². The van der Waals surface area contributed by atoms with Gasteiger partial charge in [-0.15, -0.1) is 0 Å². The van der Waals surface area contributed by atoms with Crippen molar-refractivity contribution < 1.29 is 5.11 Å². The zero-order valence-corrected chi connectivity index (χ0v) is 10.4. The fourth-order valence-electron chi connectivity index (χ4n) is 2.78. The summed E-state index contributed by atoms with van der Waals surface area (Å²) in [6, 6.07) is 11.6. The molecular formula is C15H16N2O. The molecule has 1 aliphatic rings. The Balaban J connectivity index is 2.22. The number of hydrogen-bond donors (Lipinski definition) is 2. The van der Waals surface area contributed by atoms with E-state index in [1.165, 1.54) is 5.56 Å². The molecule has 0 saturated carbocycles. The minimum Gasteiger partial charge on any atom is -0.508 e. The van der Waals surface area contributed by atoms with Crippen LogP contribution >= 0.6 is 0 Å². The number of pyridine rings is 1. The van der Waals surface area contributed by atoms with Crippen molar-refractivity contribution in [1.82, 2.24) is 10.3 Å². The van der Waals surface area contributed by atoms with E-state index in [1.54, 1.807) is 12.3 Å². The van der Waals surface area contributed by atoms with Crippen LogP contribution in [0, 0.1) is 0 Å². The van der Waals surface area contributed by atoms with E-state index in [-0.39, 0.29) is 0 Å². The first-order valence-electron chi connectivity index (χ1n) is 6.20. The predicted molar refractivity (Wildman–Crippen MR) is 70.5 cm³/mol. The van der Waals surface area contributed by atoms with Crippen molar-refractivity contribution in [2.75, 3.05) is 6.54 Å². The zero-order valence-electron chi connectivity index (χ0n) is 10.4. The third kappa shape index (κ3) is 1.59. The van der Waals surface area contributed by atoms with Crippen molar-refractivity contribution in [3.63, 3.8) is 0 Å². The summed E-state index contributed by atoms with van der Waals surface area (Å²) in [5, 5.41) is 13.7. The molecule has 18 heavy (non-hydrogen) atoms. The molecule has 1 aromatic heterocycles. The molecule has 1 unspecified atom stereocenters. The van der Waals surface area contributed by atoms with E-state index in [0.29, 0.717) is 5.75 Å². The summed E-state index contributed by atoms with van der Waals surface area (Å²) in [5.74, 6) is 0.341. The number of nitrogens with zero attached hydrogens (tertiary/aromatic N) is 1. The summed E-state index contributed by atoms with van der Waals surface area (Å²) in [7, 11) is 0. The number of phenolic OH excluding ortho intramolecular Hbond substituents is 1. The summed E-state index contributed by atoms with van der Waals surface area (Å²) < 4.78 is 0. The number of phenols is 1. The van der Waals surface area contributed by atoms with Gasteiger partial charge in [-0.3, -0.25) is 4.98 Å². The molecule has 2 N–H and O–H groups in total. The molecule has 1 atom stereocenters. The lowest BCUT2D eigenvalue weighted by atomic mass is 9.80. The van der Waals surface area contributed by atoms with Crippen LogP contribution in [0.3, 0.4) is 0 Å². The summed E-state index contributed by atoms with van der Waals surface area (Å²) in [6.45, 7) is 2.97. The fourth-order valence-corrected chi connectivity index (χ4v) is 2.78. The average Bonchev–Trinajstić information content (AvgIpc) is 2.40. The monoisotopic (exact) mass is 240 g/mol. The Kier molecular flexibility index (Phi) is 2.56. The van der Waals surface area contributed by atoms with Gasteiger partial charge in [0.15, 0.2) is 0 Å². The lowest BCUT2D eigenvalue weighted by molar-refractivity contribution is 0.374. The lowest BCUT2D eigenvalue weighted by Gasteiger charge is -2.37. The van der Waals surface area contributed by atoms with Crippen molar-refractivity contribution in [3.05, 3.63) is 59.4 Å². The zero-order chi connectivity index (χ0) is 12.6. The van der Waals surface area contributed by atoms with E-state index in [9.17, 15) is 5.11 Å². The maximum absolute atomic E-state index is 10.2. The van der Waals surface area contributed by atoms with Gasteiger partial charge in [-0.05, 0) is 37.1 Å². The van der Waals surface area contributed by atoms with Crippen molar-refractivity contribution in [3.8, 4) is 5.75 Å². The van der Waals surface area contributed by atoms with Gasteiger partial charge in [0.1, 0.15) is 5.75 Å². The maximum atomic E-state index is 10.2. The van der Waals surface area contributed by atoms with Gasteiger partial charge in [-0.1, -0.05) is 18.2 Å². The number of nitrogens with one attached hydrogen (secondary N) is 1. The highest BCUT2D eigenvalue weighted by Crippen LogP contribution is 2.38. The van der Waals surface area contributed by atoms with E-state index >= 15 is 0 Å². The third-order valence-electron chi connectivity index (χ3n) is 3.68. The Morgan fingerprint density at radius 3 is 2.89 bits per heavy atom. The second kappa shape index (κ2) is 4.10. The quantitative estimate of drug-likeness (QED) is 0.803. The smallest absolute Gasteiger partial charge is 0.121 e. The number of aromatic hydroxyl groups is 1. The molecule has 1 aromatic carbocycles. The topological polar surface area (TPSA) is 45.2 Å². The second-order valence-electron chi connectivity index (χ2n) is 4.83. The Bertz CT molecular complexity index is 568. The molecule has 0 saturated heterocycles. The molecule has 0 fully saturated rings. The highest BCUT2D eigenvalue weighted by Gasteiger charge is 2.36. The standard InChI is InChI=1S/C15H16N2O/c1-15(13-7-2-3-9-16-13)14-11(8-10-17-15)5-4-6-12(14)18/h2-7,9,17-18H,8,10H2,1H3. The fraction of sp³-hybridized carbons (Fsp3) is 0.267. The Morgan fingerprint density at radius 1 is 1.22 bits per heavy atom. The molecular weight excluding hydrogens is 224 g/mol. The molecule has 0 radical (unpaired) electrons. The first kappa shape index (κ1) is 11.2. The molecule has 0 spiro atoms. The largest absolute Gasteiger partial charge is 0.508 e. The van der Waals surface area contributed by atoms with Crippen LogP contribution in [0.15, 0.2) is 42.6 Å². The number of hydrogen-bond acceptors (Lipinski definition) is 3. The van der Waals surface area contributed by atoms with Crippen molar-refractivity contribution >= 4 is 0 Å². The number of benzene rings is 1. The van der Waals surface area contributed by atoms with Crippen molar-refractivity contribution in [2.24, 2.45) is 0 Å². The SMILES string of the molecule is CC1(c2ccccn2)NCCc2cccc(O)c21. The van der Waals surface area contributed by atoms with E-state index in [4.69, 9.17) is 0 Å². The average molecular weight is 240 g/mol. The minimum atomic E-state index is -0.416. The van der Waals surface area contributed by atoms with Gasteiger partial charge in [0.05, 0.1) is 11.2 Å². The van der Waals surface area contributed by atoms with Crippen LogP contribution in [-0.4, -0.2) is 16.6 Å². The van der Waals surface area contributed by atoms with Crippen LogP contribution in [0.4, 0.5) is 0 Å². The summed E-state index contributed by atoms with van der Waals surface area (Å²) in [5.41, 5.74) is 2.67. The Labute approximate surface area is 107 Å². The van der Waals surface area contributed by atoms with Crippen molar-refractivity contribution in [1.29, 1.82) is 0 Å². The Hall–Kier alpha value is -1.87. The molecule has 92 valence electrons. The molecule has 0 amide bonds. The molecule has 3 nitrogen and oxygen atoms in total. The van der Waals surface area contributed by atoms with Gasteiger partial charge in [0.25, 0.3) is 0 Å². The van der Waals surface area contributed by atoms with Gasteiger partial charge in [0.2, 0.25) is 0 Å². The van der Waals surface area contributed by atoms with Gasteiger partial charge < -0.3 is 10.4 Å². The highest BCUT2D eigenvalue weighted by atomic mass is 16.3. The van der Waals surface area contributed by atoms with Crippen molar-refractivity contribution in [2.45, 2.75) is 18.9 Å². The van der Waals surface area contributed by atoms with Crippen LogP contribution in [0.2, 0.25) is 0 Å². The van der Waals surface area contributed by atoms with Crippen LogP contribution in [0.1, 0.15) is 23.7 Å². The van der Waals surface area contributed by atoms with Crippen LogP contribution in [0.5, 0.6) is 5.75 Å². The van der Waals surface area contributed by atoms with Crippen LogP contribution in [0.25, 0.3) is 0 Å². The number of rotatable bonds is 1. The summed E-state index contributed by atoms with van der Waals surface area (Å²) >= 11 is 0. The second-order valence-corrected chi connectivity index (χ2v) is 4.83. The molecule has 1 aliphatic heterocycles.